The smallest absolute Gasteiger partial charge is 0.240 e. The van der Waals surface area contributed by atoms with Gasteiger partial charge in [-0.15, -0.1) is 0 Å². The number of carbonyl (C=O) groups is 1. The van der Waals surface area contributed by atoms with Crippen LogP contribution in [0.15, 0.2) is 49.1 Å². The molecule has 0 bridgehead atoms. The molecule has 0 saturated carbocycles. The van der Waals surface area contributed by atoms with E-state index in [0.717, 1.165) is 5.56 Å². The van der Waals surface area contributed by atoms with Crippen LogP contribution in [0.5, 0.6) is 0 Å². The number of rotatable bonds is 6. The largest absolute Gasteiger partial charge is 0.354 e. The molecular formula is C18H16FN7O. The number of fused-ring (bicyclic) bond motifs is 1. The van der Waals surface area contributed by atoms with Crippen LogP contribution >= 0.6 is 0 Å². The van der Waals surface area contributed by atoms with Gasteiger partial charge in [0, 0.05) is 30.9 Å². The Morgan fingerprint density at radius 3 is 3.07 bits per heavy atom. The van der Waals surface area contributed by atoms with Crippen molar-refractivity contribution in [2.75, 3.05) is 6.54 Å². The second kappa shape index (κ2) is 7.32. The summed E-state index contributed by atoms with van der Waals surface area (Å²) < 4.78 is 15.0. The van der Waals surface area contributed by atoms with Crippen LogP contribution in [0.1, 0.15) is 5.82 Å². The Labute approximate surface area is 153 Å². The maximum absolute atomic E-state index is 13.4. The second-order valence-electron chi connectivity index (χ2n) is 5.95. The number of aromatic amines is 1. The van der Waals surface area contributed by atoms with Crippen LogP contribution in [0, 0.1) is 5.82 Å². The number of nitrogens with one attached hydrogen (secondary N) is 2. The summed E-state index contributed by atoms with van der Waals surface area (Å²) in [5.74, 6) is 0.686. The highest BCUT2D eigenvalue weighted by Gasteiger charge is 2.09. The molecular weight excluding hydrogens is 349 g/mol. The van der Waals surface area contributed by atoms with Crippen molar-refractivity contribution in [3.05, 3.63) is 60.7 Å². The molecule has 0 atom stereocenters. The van der Waals surface area contributed by atoms with Crippen molar-refractivity contribution < 1.29 is 9.18 Å². The van der Waals surface area contributed by atoms with Gasteiger partial charge in [0.05, 0.1) is 17.4 Å². The molecule has 0 aliphatic rings. The summed E-state index contributed by atoms with van der Waals surface area (Å²) in [5, 5.41) is 9.82. The zero-order valence-corrected chi connectivity index (χ0v) is 14.3. The van der Waals surface area contributed by atoms with E-state index in [1.807, 2.05) is 12.1 Å². The van der Waals surface area contributed by atoms with Gasteiger partial charge in [0.2, 0.25) is 5.91 Å². The highest BCUT2D eigenvalue weighted by Crippen LogP contribution is 2.14. The summed E-state index contributed by atoms with van der Waals surface area (Å²) in [7, 11) is 0. The Kier molecular flexibility index (Phi) is 4.56. The number of amides is 1. The van der Waals surface area contributed by atoms with Crippen LogP contribution in [0.4, 0.5) is 4.39 Å². The SMILES string of the molecule is O=C(Cn1cnc2ccc(F)cc21)NCCc1nc(-c2cccnc2)n[nH]1. The maximum atomic E-state index is 13.4. The number of aromatic nitrogens is 6. The number of hydrogen-bond donors (Lipinski definition) is 2. The lowest BCUT2D eigenvalue weighted by molar-refractivity contribution is -0.121. The number of halogens is 1. The molecule has 3 heterocycles. The van der Waals surface area contributed by atoms with E-state index in [1.54, 1.807) is 23.0 Å². The summed E-state index contributed by atoms with van der Waals surface area (Å²) in [6, 6.07) is 7.99. The summed E-state index contributed by atoms with van der Waals surface area (Å²) in [4.78, 5) is 24.7. The molecule has 1 amide bonds. The molecule has 4 rings (SSSR count). The zero-order valence-electron chi connectivity index (χ0n) is 14.3. The van der Waals surface area contributed by atoms with Gasteiger partial charge < -0.3 is 9.88 Å². The van der Waals surface area contributed by atoms with Gasteiger partial charge in [0.15, 0.2) is 5.82 Å². The molecule has 0 fully saturated rings. The first-order valence-electron chi connectivity index (χ1n) is 8.38. The molecule has 3 aromatic heterocycles. The minimum Gasteiger partial charge on any atom is -0.354 e. The molecule has 27 heavy (non-hydrogen) atoms. The van der Waals surface area contributed by atoms with E-state index < -0.39 is 0 Å². The molecule has 0 aliphatic heterocycles. The van der Waals surface area contributed by atoms with Crippen molar-refractivity contribution in [1.82, 2.24) is 35.0 Å². The van der Waals surface area contributed by atoms with Gasteiger partial charge in [-0.3, -0.25) is 14.9 Å². The quantitative estimate of drug-likeness (QED) is 0.542. The standard InChI is InChI=1S/C18H16FN7O/c19-13-3-4-14-15(8-13)26(11-22-14)10-17(27)21-7-5-16-23-18(25-24-16)12-2-1-6-20-9-12/h1-4,6,8-9,11H,5,7,10H2,(H,21,27)(H,23,24,25). The number of imidazole rings is 1. The first kappa shape index (κ1) is 16.8. The Hall–Kier alpha value is -3.62. The Morgan fingerprint density at radius 1 is 1.30 bits per heavy atom. The molecule has 1 aromatic carbocycles. The van der Waals surface area contributed by atoms with Gasteiger partial charge >= 0.3 is 0 Å². The van der Waals surface area contributed by atoms with Crippen molar-refractivity contribution in [2.45, 2.75) is 13.0 Å². The molecule has 0 saturated heterocycles. The molecule has 0 aliphatic carbocycles. The second-order valence-corrected chi connectivity index (χ2v) is 5.95. The van der Waals surface area contributed by atoms with E-state index in [0.29, 0.717) is 35.6 Å². The third kappa shape index (κ3) is 3.81. The van der Waals surface area contributed by atoms with E-state index in [2.05, 4.69) is 30.5 Å². The van der Waals surface area contributed by atoms with Gasteiger partial charge in [0.25, 0.3) is 0 Å². The zero-order chi connectivity index (χ0) is 18.6. The summed E-state index contributed by atoms with van der Waals surface area (Å²) in [6.07, 6.45) is 5.41. The fraction of sp³-hybridized carbons (Fsp3) is 0.167. The molecule has 2 N–H and O–H groups in total. The lowest BCUT2D eigenvalue weighted by Gasteiger charge is -2.06. The Bertz CT molecular complexity index is 1070. The van der Waals surface area contributed by atoms with Crippen molar-refractivity contribution in [3.63, 3.8) is 0 Å². The topological polar surface area (TPSA) is 101 Å². The molecule has 0 unspecified atom stereocenters. The summed E-state index contributed by atoms with van der Waals surface area (Å²) >= 11 is 0. The van der Waals surface area contributed by atoms with Crippen molar-refractivity contribution in [3.8, 4) is 11.4 Å². The van der Waals surface area contributed by atoms with Crippen molar-refractivity contribution >= 4 is 16.9 Å². The van der Waals surface area contributed by atoms with E-state index >= 15 is 0 Å². The minimum atomic E-state index is -0.362. The van der Waals surface area contributed by atoms with E-state index in [9.17, 15) is 9.18 Å². The fourth-order valence-corrected chi connectivity index (χ4v) is 2.72. The van der Waals surface area contributed by atoms with Crippen molar-refractivity contribution in [2.24, 2.45) is 0 Å². The van der Waals surface area contributed by atoms with Crippen LogP contribution < -0.4 is 5.32 Å². The van der Waals surface area contributed by atoms with Crippen LogP contribution in [-0.4, -0.2) is 42.2 Å². The van der Waals surface area contributed by atoms with Crippen molar-refractivity contribution in [1.29, 1.82) is 0 Å². The van der Waals surface area contributed by atoms with E-state index in [4.69, 9.17) is 0 Å². The van der Waals surface area contributed by atoms with Gasteiger partial charge in [-0.05, 0) is 30.3 Å². The van der Waals surface area contributed by atoms with Crippen LogP contribution in [0.25, 0.3) is 22.4 Å². The van der Waals surface area contributed by atoms with Crippen LogP contribution in [0.3, 0.4) is 0 Å². The number of hydrogen-bond acceptors (Lipinski definition) is 5. The Balaban J connectivity index is 1.32. The number of nitrogens with zero attached hydrogens (tertiary/aromatic N) is 5. The van der Waals surface area contributed by atoms with Gasteiger partial charge in [-0.2, -0.15) is 5.10 Å². The number of carbonyl (C=O) groups excluding carboxylic acids is 1. The highest BCUT2D eigenvalue weighted by atomic mass is 19.1. The molecule has 4 aromatic rings. The third-order valence-electron chi connectivity index (χ3n) is 4.03. The molecule has 9 heteroatoms. The van der Waals surface area contributed by atoms with Gasteiger partial charge in [0.1, 0.15) is 18.2 Å². The van der Waals surface area contributed by atoms with Crippen LogP contribution in [-0.2, 0) is 17.8 Å². The molecule has 0 radical (unpaired) electrons. The lowest BCUT2D eigenvalue weighted by atomic mass is 10.3. The van der Waals surface area contributed by atoms with E-state index in [1.165, 1.54) is 18.5 Å². The van der Waals surface area contributed by atoms with Gasteiger partial charge in [-0.1, -0.05) is 0 Å². The number of benzene rings is 1. The van der Waals surface area contributed by atoms with E-state index in [-0.39, 0.29) is 18.3 Å². The third-order valence-corrected chi connectivity index (χ3v) is 4.03. The minimum absolute atomic E-state index is 0.0668. The number of pyridine rings is 1. The first-order chi connectivity index (χ1) is 13.2. The van der Waals surface area contributed by atoms with Gasteiger partial charge in [-0.25, -0.2) is 14.4 Å². The predicted octanol–water partition coefficient (Wildman–Crippen LogP) is 1.71. The Morgan fingerprint density at radius 2 is 2.22 bits per heavy atom. The average Bonchev–Trinajstić information content (AvgIpc) is 3.30. The fourth-order valence-electron chi connectivity index (χ4n) is 2.72. The average molecular weight is 365 g/mol. The molecule has 136 valence electrons. The summed E-state index contributed by atoms with van der Waals surface area (Å²) in [6.45, 7) is 0.471. The van der Waals surface area contributed by atoms with Crippen LogP contribution in [0.2, 0.25) is 0 Å². The normalized spacial score (nSPS) is 11.0. The monoisotopic (exact) mass is 365 g/mol. The lowest BCUT2D eigenvalue weighted by Crippen LogP contribution is -2.29. The predicted molar refractivity (Wildman–Crippen MR) is 96.0 cm³/mol. The summed E-state index contributed by atoms with van der Waals surface area (Å²) in [5.41, 5.74) is 2.05. The maximum Gasteiger partial charge on any atom is 0.240 e. The first-order valence-corrected chi connectivity index (χ1v) is 8.38. The number of H-pyrrole nitrogens is 1. The molecule has 8 nitrogen and oxygen atoms in total. The molecule has 0 spiro atoms. The highest BCUT2D eigenvalue weighted by molar-refractivity contribution is 5.80.